The number of rotatable bonds is 4. The normalized spacial score (nSPS) is 18.9. The topological polar surface area (TPSA) is 58.0 Å². The SMILES string of the molecule is OC(CNc1ncncc1Cl)C1CCCCC1. The Hall–Kier alpha value is -0.870. The van der Waals surface area contributed by atoms with Gasteiger partial charge in [0.2, 0.25) is 0 Å². The van der Waals surface area contributed by atoms with E-state index in [0.29, 0.717) is 23.3 Å². The van der Waals surface area contributed by atoms with Crippen LogP contribution < -0.4 is 5.32 Å². The lowest BCUT2D eigenvalue weighted by Crippen LogP contribution is -2.30. The number of nitrogens with one attached hydrogen (secondary N) is 1. The first kappa shape index (κ1) is 12.6. The van der Waals surface area contributed by atoms with E-state index in [1.54, 1.807) is 6.20 Å². The van der Waals surface area contributed by atoms with Crippen LogP contribution in [-0.4, -0.2) is 27.7 Å². The van der Waals surface area contributed by atoms with Gasteiger partial charge in [0.25, 0.3) is 0 Å². The monoisotopic (exact) mass is 255 g/mol. The Morgan fingerprint density at radius 1 is 1.41 bits per heavy atom. The molecule has 1 heterocycles. The van der Waals surface area contributed by atoms with Crippen molar-refractivity contribution in [3.8, 4) is 0 Å². The third-order valence-electron chi connectivity index (χ3n) is 3.34. The van der Waals surface area contributed by atoms with Crippen molar-refractivity contribution in [3.05, 3.63) is 17.5 Å². The maximum absolute atomic E-state index is 10.1. The summed E-state index contributed by atoms with van der Waals surface area (Å²) in [5, 5.41) is 13.6. The molecule has 1 aliphatic rings. The van der Waals surface area contributed by atoms with Gasteiger partial charge < -0.3 is 10.4 Å². The third-order valence-corrected chi connectivity index (χ3v) is 3.62. The van der Waals surface area contributed by atoms with Crippen LogP contribution in [0.3, 0.4) is 0 Å². The number of halogens is 1. The molecule has 1 aromatic heterocycles. The average molecular weight is 256 g/mol. The Morgan fingerprint density at radius 3 is 2.88 bits per heavy atom. The first-order valence-corrected chi connectivity index (χ1v) is 6.52. The molecule has 0 aliphatic heterocycles. The average Bonchev–Trinajstić information content (AvgIpc) is 2.38. The van der Waals surface area contributed by atoms with Crippen LogP contribution >= 0.6 is 11.6 Å². The minimum Gasteiger partial charge on any atom is -0.391 e. The zero-order valence-corrected chi connectivity index (χ0v) is 10.5. The molecule has 94 valence electrons. The summed E-state index contributed by atoms with van der Waals surface area (Å²) in [6.07, 6.45) is 8.69. The number of anilines is 1. The van der Waals surface area contributed by atoms with E-state index in [9.17, 15) is 5.11 Å². The quantitative estimate of drug-likeness (QED) is 0.868. The zero-order valence-electron chi connectivity index (χ0n) is 9.77. The van der Waals surface area contributed by atoms with Crippen molar-refractivity contribution in [1.29, 1.82) is 0 Å². The molecule has 5 heteroatoms. The predicted octanol–water partition coefficient (Wildman–Crippen LogP) is 2.48. The van der Waals surface area contributed by atoms with Gasteiger partial charge in [-0.15, -0.1) is 0 Å². The van der Waals surface area contributed by atoms with E-state index in [1.807, 2.05) is 0 Å². The number of nitrogens with zero attached hydrogens (tertiary/aromatic N) is 2. The fourth-order valence-electron chi connectivity index (χ4n) is 2.33. The largest absolute Gasteiger partial charge is 0.391 e. The molecule has 2 rings (SSSR count). The van der Waals surface area contributed by atoms with Crippen molar-refractivity contribution in [2.75, 3.05) is 11.9 Å². The fraction of sp³-hybridized carbons (Fsp3) is 0.667. The molecule has 1 unspecified atom stereocenters. The van der Waals surface area contributed by atoms with Crippen LogP contribution in [0.4, 0.5) is 5.82 Å². The number of aliphatic hydroxyl groups excluding tert-OH is 1. The van der Waals surface area contributed by atoms with Crippen LogP contribution in [0.5, 0.6) is 0 Å². The molecule has 0 radical (unpaired) electrons. The van der Waals surface area contributed by atoms with Gasteiger partial charge in [-0.1, -0.05) is 30.9 Å². The van der Waals surface area contributed by atoms with Gasteiger partial charge in [0.15, 0.2) is 0 Å². The highest BCUT2D eigenvalue weighted by molar-refractivity contribution is 6.32. The van der Waals surface area contributed by atoms with Crippen LogP contribution in [0.1, 0.15) is 32.1 Å². The standard InChI is InChI=1S/C12H18ClN3O/c13-10-6-14-8-16-12(10)15-7-11(17)9-4-2-1-3-5-9/h6,8-9,11,17H,1-5,7H2,(H,14,15,16). The lowest BCUT2D eigenvalue weighted by atomic mass is 9.85. The summed E-state index contributed by atoms with van der Waals surface area (Å²) in [5.41, 5.74) is 0. The molecule has 0 aromatic carbocycles. The molecule has 1 saturated carbocycles. The number of hydrogen-bond donors (Lipinski definition) is 2. The Morgan fingerprint density at radius 2 is 2.18 bits per heavy atom. The first-order chi connectivity index (χ1) is 8.27. The maximum Gasteiger partial charge on any atom is 0.148 e. The van der Waals surface area contributed by atoms with Crippen LogP contribution in [0, 0.1) is 5.92 Å². The zero-order chi connectivity index (χ0) is 12.1. The second-order valence-corrected chi connectivity index (χ2v) is 4.97. The molecule has 17 heavy (non-hydrogen) atoms. The Kier molecular flexibility index (Phi) is 4.57. The highest BCUT2D eigenvalue weighted by atomic mass is 35.5. The molecular formula is C12H18ClN3O. The lowest BCUT2D eigenvalue weighted by Gasteiger charge is -2.26. The van der Waals surface area contributed by atoms with E-state index in [4.69, 9.17) is 11.6 Å². The Bertz CT molecular complexity index is 355. The smallest absolute Gasteiger partial charge is 0.148 e. The molecular weight excluding hydrogens is 238 g/mol. The molecule has 0 bridgehead atoms. The highest BCUT2D eigenvalue weighted by Crippen LogP contribution is 2.26. The summed E-state index contributed by atoms with van der Waals surface area (Å²) in [6.45, 7) is 0.501. The minimum atomic E-state index is -0.318. The molecule has 2 N–H and O–H groups in total. The minimum absolute atomic E-state index is 0.318. The lowest BCUT2D eigenvalue weighted by molar-refractivity contribution is 0.0956. The van der Waals surface area contributed by atoms with Crippen LogP contribution in [0.15, 0.2) is 12.5 Å². The highest BCUT2D eigenvalue weighted by Gasteiger charge is 2.21. The van der Waals surface area contributed by atoms with E-state index >= 15 is 0 Å². The van der Waals surface area contributed by atoms with Crippen molar-refractivity contribution in [2.24, 2.45) is 5.92 Å². The fourth-order valence-corrected chi connectivity index (χ4v) is 2.50. The first-order valence-electron chi connectivity index (χ1n) is 6.15. The summed E-state index contributed by atoms with van der Waals surface area (Å²) in [5.74, 6) is 1.01. The van der Waals surface area contributed by atoms with E-state index in [2.05, 4.69) is 15.3 Å². The van der Waals surface area contributed by atoms with Gasteiger partial charge in [-0.2, -0.15) is 0 Å². The third kappa shape index (κ3) is 3.54. The van der Waals surface area contributed by atoms with Crippen molar-refractivity contribution >= 4 is 17.4 Å². The van der Waals surface area contributed by atoms with Crippen LogP contribution in [-0.2, 0) is 0 Å². The summed E-state index contributed by atoms with van der Waals surface area (Å²) in [7, 11) is 0. The second kappa shape index (κ2) is 6.17. The van der Waals surface area contributed by atoms with Gasteiger partial charge in [-0.3, -0.25) is 0 Å². The second-order valence-electron chi connectivity index (χ2n) is 4.57. The van der Waals surface area contributed by atoms with Crippen LogP contribution in [0.2, 0.25) is 5.02 Å². The molecule has 0 amide bonds. The number of aromatic nitrogens is 2. The van der Waals surface area contributed by atoms with Crippen LogP contribution in [0.25, 0.3) is 0 Å². The molecule has 0 spiro atoms. The van der Waals surface area contributed by atoms with Crippen molar-refractivity contribution in [1.82, 2.24) is 9.97 Å². The van der Waals surface area contributed by atoms with Gasteiger partial charge in [0.1, 0.15) is 17.2 Å². The van der Waals surface area contributed by atoms with Crippen molar-refractivity contribution in [3.63, 3.8) is 0 Å². The van der Waals surface area contributed by atoms with Gasteiger partial charge in [0.05, 0.1) is 12.3 Å². The van der Waals surface area contributed by atoms with E-state index in [1.165, 1.54) is 25.6 Å². The predicted molar refractivity (Wildman–Crippen MR) is 68.1 cm³/mol. The van der Waals surface area contributed by atoms with E-state index in [0.717, 1.165) is 12.8 Å². The van der Waals surface area contributed by atoms with E-state index in [-0.39, 0.29) is 6.10 Å². The number of hydrogen-bond acceptors (Lipinski definition) is 4. The Balaban J connectivity index is 1.83. The summed E-state index contributed by atoms with van der Waals surface area (Å²) >= 11 is 5.92. The molecule has 1 aliphatic carbocycles. The van der Waals surface area contributed by atoms with Gasteiger partial charge >= 0.3 is 0 Å². The Labute approximate surface area is 106 Å². The van der Waals surface area contributed by atoms with E-state index < -0.39 is 0 Å². The van der Waals surface area contributed by atoms with Gasteiger partial charge in [0, 0.05) is 6.54 Å². The molecule has 1 atom stereocenters. The van der Waals surface area contributed by atoms with Crippen molar-refractivity contribution in [2.45, 2.75) is 38.2 Å². The van der Waals surface area contributed by atoms with Gasteiger partial charge in [-0.25, -0.2) is 9.97 Å². The summed E-state index contributed by atoms with van der Waals surface area (Å²) in [4.78, 5) is 7.85. The van der Waals surface area contributed by atoms with Crippen molar-refractivity contribution < 1.29 is 5.11 Å². The molecule has 0 saturated heterocycles. The summed E-state index contributed by atoms with van der Waals surface area (Å²) in [6, 6.07) is 0. The number of aliphatic hydroxyl groups is 1. The molecule has 4 nitrogen and oxygen atoms in total. The maximum atomic E-state index is 10.1. The molecule has 1 fully saturated rings. The summed E-state index contributed by atoms with van der Waals surface area (Å²) < 4.78 is 0. The molecule has 1 aromatic rings. The van der Waals surface area contributed by atoms with Gasteiger partial charge in [-0.05, 0) is 18.8 Å².